The molecule has 1 fully saturated rings. The number of fused-ring (bicyclic) bond motifs is 2. The minimum atomic E-state index is -0.884. The van der Waals surface area contributed by atoms with E-state index in [1.165, 1.54) is 0 Å². The highest BCUT2D eigenvalue weighted by Crippen LogP contribution is 2.36. The number of nitrogens with zero attached hydrogens (tertiary/aromatic N) is 1. The van der Waals surface area contributed by atoms with Crippen molar-refractivity contribution in [3.8, 4) is 0 Å². The zero-order valence-electron chi connectivity index (χ0n) is 20.7. The average Bonchev–Trinajstić information content (AvgIpc) is 3.18. The number of hydrogen-bond donors (Lipinski definition) is 2. The Morgan fingerprint density at radius 1 is 1.18 bits per heavy atom. The SMILES string of the molecule is Cc1cc([C@H](C)Nc2cccc3c2COB3O)c2oc(N3CCC(C)(C)CC3)c(C)c(=O)c2c1. The molecule has 1 saturated heterocycles. The Kier molecular flexibility index (Phi) is 5.73. The van der Waals surface area contributed by atoms with E-state index in [4.69, 9.17) is 9.07 Å². The van der Waals surface area contributed by atoms with Crippen molar-refractivity contribution in [1.29, 1.82) is 0 Å². The van der Waals surface area contributed by atoms with Crippen LogP contribution in [0.3, 0.4) is 0 Å². The molecule has 6 nitrogen and oxygen atoms in total. The predicted molar refractivity (Wildman–Crippen MR) is 138 cm³/mol. The van der Waals surface area contributed by atoms with Crippen molar-refractivity contribution in [2.24, 2.45) is 5.41 Å². The van der Waals surface area contributed by atoms with Crippen LogP contribution in [0.25, 0.3) is 11.0 Å². The first-order valence-electron chi connectivity index (χ1n) is 12.2. The zero-order valence-corrected chi connectivity index (χ0v) is 20.7. The fraction of sp³-hybridized carbons (Fsp3) is 0.444. The largest absolute Gasteiger partial charge is 0.491 e. The van der Waals surface area contributed by atoms with E-state index in [1.807, 2.05) is 38.1 Å². The van der Waals surface area contributed by atoms with Crippen LogP contribution in [-0.2, 0) is 11.3 Å². The Bertz CT molecular complexity index is 1310. The van der Waals surface area contributed by atoms with E-state index >= 15 is 0 Å². The van der Waals surface area contributed by atoms with Gasteiger partial charge in [-0.3, -0.25) is 4.79 Å². The predicted octanol–water partition coefficient (Wildman–Crippen LogP) is 4.43. The van der Waals surface area contributed by atoms with Crippen molar-refractivity contribution in [3.63, 3.8) is 0 Å². The maximum Gasteiger partial charge on any atom is 0.491 e. The van der Waals surface area contributed by atoms with E-state index in [-0.39, 0.29) is 11.5 Å². The third-order valence-electron chi connectivity index (χ3n) is 7.47. The summed E-state index contributed by atoms with van der Waals surface area (Å²) in [6.07, 6.45) is 2.14. The summed E-state index contributed by atoms with van der Waals surface area (Å²) < 4.78 is 12.0. The van der Waals surface area contributed by atoms with Gasteiger partial charge in [0.15, 0.2) is 5.43 Å². The number of piperidine rings is 1. The number of anilines is 2. The molecule has 34 heavy (non-hydrogen) atoms. The van der Waals surface area contributed by atoms with Crippen LogP contribution in [0.2, 0.25) is 0 Å². The van der Waals surface area contributed by atoms with Crippen molar-refractivity contribution in [3.05, 3.63) is 62.8 Å². The highest BCUT2D eigenvalue weighted by Gasteiger charge is 2.30. The Balaban J connectivity index is 1.56. The van der Waals surface area contributed by atoms with Crippen LogP contribution in [0.15, 0.2) is 39.5 Å². The first-order valence-corrected chi connectivity index (χ1v) is 12.2. The fourth-order valence-electron chi connectivity index (χ4n) is 5.19. The molecule has 0 saturated carbocycles. The number of benzene rings is 2. The first-order chi connectivity index (χ1) is 16.1. The van der Waals surface area contributed by atoms with Gasteiger partial charge in [-0.1, -0.05) is 32.0 Å². The molecule has 1 aromatic heterocycles. The fourth-order valence-corrected chi connectivity index (χ4v) is 5.19. The Labute approximate surface area is 201 Å². The third-order valence-corrected chi connectivity index (χ3v) is 7.47. The standard InChI is InChI=1S/C27H33BN2O4/c1-16-13-19(18(3)29-23-8-6-7-22-21(23)15-33-28(22)32)25-20(14-16)24(31)17(2)26(34-25)30-11-9-27(4,5)10-12-30/h6-8,13-14,18,29,32H,9-12,15H2,1-5H3/t18-/m0/s1. The van der Waals surface area contributed by atoms with Gasteiger partial charge in [0, 0.05) is 24.3 Å². The van der Waals surface area contributed by atoms with Crippen molar-refractivity contribution in [2.45, 2.75) is 60.1 Å². The van der Waals surface area contributed by atoms with Crippen molar-refractivity contribution in [1.82, 2.24) is 0 Å². The summed E-state index contributed by atoms with van der Waals surface area (Å²) in [7, 11) is -0.884. The monoisotopic (exact) mass is 460 g/mol. The molecule has 5 rings (SSSR count). The molecular formula is C27H33BN2O4. The van der Waals surface area contributed by atoms with Gasteiger partial charge in [0.25, 0.3) is 0 Å². The molecule has 0 spiro atoms. The molecule has 0 amide bonds. The molecular weight excluding hydrogens is 427 g/mol. The molecule has 178 valence electrons. The molecule has 0 bridgehead atoms. The van der Waals surface area contributed by atoms with E-state index in [0.717, 1.165) is 53.8 Å². The van der Waals surface area contributed by atoms with E-state index < -0.39 is 7.12 Å². The quantitative estimate of drug-likeness (QED) is 0.562. The molecule has 3 aromatic rings. The molecule has 2 aromatic carbocycles. The second-order valence-corrected chi connectivity index (χ2v) is 10.6. The van der Waals surface area contributed by atoms with Gasteiger partial charge in [0.05, 0.1) is 23.6 Å². The summed E-state index contributed by atoms with van der Waals surface area (Å²) in [5, 5.41) is 14.3. The number of nitrogens with one attached hydrogen (secondary N) is 1. The first kappa shape index (κ1) is 23.0. The molecule has 2 aliphatic heterocycles. The minimum Gasteiger partial charge on any atom is -0.440 e. The summed E-state index contributed by atoms with van der Waals surface area (Å²) in [5.74, 6) is 0.697. The van der Waals surface area contributed by atoms with Crippen LogP contribution in [-0.4, -0.2) is 25.2 Å². The summed E-state index contributed by atoms with van der Waals surface area (Å²) in [5.41, 5.74) is 6.32. The maximum absolute atomic E-state index is 13.4. The van der Waals surface area contributed by atoms with Gasteiger partial charge in [-0.2, -0.15) is 0 Å². The third kappa shape index (κ3) is 4.01. The van der Waals surface area contributed by atoms with Crippen LogP contribution in [0.1, 0.15) is 61.9 Å². The van der Waals surface area contributed by atoms with Gasteiger partial charge in [0.1, 0.15) is 5.58 Å². The Morgan fingerprint density at radius 2 is 1.91 bits per heavy atom. The second kappa shape index (κ2) is 8.47. The van der Waals surface area contributed by atoms with Crippen molar-refractivity contribution in [2.75, 3.05) is 23.3 Å². The molecule has 0 unspecified atom stereocenters. The second-order valence-electron chi connectivity index (χ2n) is 10.6. The number of rotatable bonds is 4. The van der Waals surface area contributed by atoms with Crippen molar-refractivity contribution < 1.29 is 14.1 Å². The topological polar surface area (TPSA) is 74.9 Å². The highest BCUT2D eigenvalue weighted by atomic mass is 16.5. The average molecular weight is 460 g/mol. The zero-order chi connectivity index (χ0) is 24.2. The molecule has 3 heterocycles. The Hall–Kier alpha value is -2.77. The van der Waals surface area contributed by atoms with Gasteiger partial charge in [0.2, 0.25) is 5.88 Å². The number of hydrogen-bond acceptors (Lipinski definition) is 6. The van der Waals surface area contributed by atoms with Gasteiger partial charge >= 0.3 is 7.12 Å². The van der Waals surface area contributed by atoms with Crippen LogP contribution >= 0.6 is 0 Å². The summed E-state index contributed by atoms with van der Waals surface area (Å²) in [6.45, 7) is 12.7. The van der Waals surface area contributed by atoms with Crippen LogP contribution in [0, 0.1) is 19.3 Å². The maximum atomic E-state index is 13.4. The molecule has 0 aliphatic carbocycles. The summed E-state index contributed by atoms with van der Waals surface area (Å²) >= 11 is 0. The molecule has 1 atom stereocenters. The van der Waals surface area contributed by atoms with Crippen LogP contribution in [0.5, 0.6) is 0 Å². The lowest BCUT2D eigenvalue weighted by Crippen LogP contribution is -2.38. The van der Waals surface area contributed by atoms with E-state index in [0.29, 0.717) is 34.4 Å². The molecule has 2 N–H and O–H groups in total. The Morgan fingerprint density at radius 3 is 2.65 bits per heavy atom. The van der Waals surface area contributed by atoms with Crippen LogP contribution < -0.4 is 21.1 Å². The molecule has 0 radical (unpaired) electrons. The van der Waals surface area contributed by atoms with Gasteiger partial charge < -0.3 is 24.3 Å². The van der Waals surface area contributed by atoms with Gasteiger partial charge in [-0.05, 0) is 67.8 Å². The van der Waals surface area contributed by atoms with Gasteiger partial charge in [-0.15, -0.1) is 0 Å². The summed E-state index contributed by atoms with van der Waals surface area (Å²) in [4.78, 5) is 15.7. The lowest BCUT2D eigenvalue weighted by atomic mass is 9.79. The van der Waals surface area contributed by atoms with Crippen LogP contribution in [0.4, 0.5) is 11.6 Å². The van der Waals surface area contributed by atoms with E-state index in [1.54, 1.807) is 0 Å². The molecule has 2 aliphatic rings. The minimum absolute atomic E-state index is 0.0374. The lowest BCUT2D eigenvalue weighted by molar-refractivity contribution is 0.274. The number of aryl methyl sites for hydroxylation is 1. The normalized spacial score (nSPS) is 18.3. The van der Waals surface area contributed by atoms with E-state index in [2.05, 4.69) is 37.1 Å². The van der Waals surface area contributed by atoms with Crippen molar-refractivity contribution >= 4 is 35.1 Å². The van der Waals surface area contributed by atoms with E-state index in [9.17, 15) is 9.82 Å². The molecule has 7 heteroatoms. The van der Waals surface area contributed by atoms with Gasteiger partial charge in [-0.25, -0.2) is 0 Å². The summed E-state index contributed by atoms with van der Waals surface area (Å²) in [6, 6.07) is 9.70. The lowest BCUT2D eigenvalue weighted by Gasteiger charge is -2.37. The smallest absolute Gasteiger partial charge is 0.440 e. The highest BCUT2D eigenvalue weighted by molar-refractivity contribution is 6.61.